The topological polar surface area (TPSA) is 56.2 Å². The minimum atomic E-state index is -1.07. The van der Waals surface area contributed by atoms with Gasteiger partial charge in [-0.05, 0) is 30.3 Å². The first-order valence-corrected chi connectivity index (χ1v) is 4.90. The van der Waals surface area contributed by atoms with E-state index in [-0.39, 0.29) is 17.9 Å². The van der Waals surface area contributed by atoms with Crippen molar-refractivity contribution in [3.8, 4) is 0 Å². The number of carbonyl (C=O) groups is 1. The average Bonchev–Trinajstić information content (AvgIpc) is 2.80. The van der Waals surface area contributed by atoms with E-state index in [1.54, 1.807) is 6.07 Å². The Morgan fingerprint density at radius 1 is 1.18 bits per heavy atom. The van der Waals surface area contributed by atoms with Gasteiger partial charge in [-0.3, -0.25) is 4.79 Å². The summed E-state index contributed by atoms with van der Waals surface area (Å²) < 4.78 is 30.8. The molecule has 0 radical (unpaired) electrons. The van der Waals surface area contributed by atoms with Crippen molar-refractivity contribution in [2.45, 2.75) is 6.54 Å². The third-order valence-corrected chi connectivity index (χ3v) is 2.27. The summed E-state index contributed by atoms with van der Waals surface area (Å²) in [5.41, 5.74) is 5.36. The highest BCUT2D eigenvalue weighted by Crippen LogP contribution is 2.15. The van der Waals surface area contributed by atoms with Crippen LogP contribution in [-0.4, -0.2) is 5.78 Å². The van der Waals surface area contributed by atoms with Crippen molar-refractivity contribution >= 4 is 5.78 Å². The molecule has 0 amide bonds. The van der Waals surface area contributed by atoms with Crippen molar-refractivity contribution < 1.29 is 18.0 Å². The second kappa shape index (κ2) is 4.47. The quantitative estimate of drug-likeness (QED) is 0.833. The smallest absolute Gasteiger partial charge is 0.228 e. The molecule has 0 atom stereocenters. The molecule has 1 aromatic carbocycles. The van der Waals surface area contributed by atoms with Crippen LogP contribution < -0.4 is 5.73 Å². The molecule has 88 valence electrons. The number of halogens is 2. The molecule has 2 rings (SSSR count). The number of hydrogen-bond donors (Lipinski definition) is 1. The molecule has 0 spiro atoms. The fraction of sp³-hybridized carbons (Fsp3) is 0.0833. The summed E-state index contributed by atoms with van der Waals surface area (Å²) in [6.07, 6.45) is 0. The van der Waals surface area contributed by atoms with E-state index >= 15 is 0 Å². The fourth-order valence-electron chi connectivity index (χ4n) is 1.39. The summed E-state index contributed by atoms with van der Waals surface area (Å²) in [4.78, 5) is 11.8. The van der Waals surface area contributed by atoms with Gasteiger partial charge in [-0.2, -0.15) is 0 Å². The zero-order chi connectivity index (χ0) is 12.4. The predicted octanol–water partition coefficient (Wildman–Crippen LogP) is 2.25. The SMILES string of the molecule is NCc1ccc(C(=O)c2ccc(F)c(F)c2)o1. The number of benzene rings is 1. The number of ketones is 1. The lowest BCUT2D eigenvalue weighted by Crippen LogP contribution is -2.01. The molecule has 0 fully saturated rings. The minimum absolute atomic E-state index is 0.0295. The first-order valence-electron chi connectivity index (χ1n) is 4.90. The van der Waals surface area contributed by atoms with Crippen LogP contribution in [0.3, 0.4) is 0 Å². The Hall–Kier alpha value is -2.01. The molecule has 17 heavy (non-hydrogen) atoms. The highest BCUT2D eigenvalue weighted by atomic mass is 19.2. The van der Waals surface area contributed by atoms with Gasteiger partial charge in [-0.1, -0.05) is 0 Å². The monoisotopic (exact) mass is 237 g/mol. The van der Waals surface area contributed by atoms with Crippen molar-refractivity contribution in [2.75, 3.05) is 0 Å². The summed E-state index contributed by atoms with van der Waals surface area (Å²) >= 11 is 0. The van der Waals surface area contributed by atoms with Crippen molar-refractivity contribution in [3.05, 3.63) is 59.1 Å². The Bertz CT molecular complexity index is 563. The van der Waals surface area contributed by atoms with Gasteiger partial charge in [-0.15, -0.1) is 0 Å². The predicted molar refractivity (Wildman–Crippen MR) is 56.4 cm³/mol. The van der Waals surface area contributed by atoms with Crippen LogP contribution in [0.2, 0.25) is 0 Å². The second-order valence-electron chi connectivity index (χ2n) is 3.43. The summed E-state index contributed by atoms with van der Waals surface area (Å²) in [5.74, 6) is -2.07. The van der Waals surface area contributed by atoms with Crippen LogP contribution in [0.15, 0.2) is 34.7 Å². The van der Waals surface area contributed by atoms with Gasteiger partial charge in [0, 0.05) is 5.56 Å². The van der Waals surface area contributed by atoms with Crippen molar-refractivity contribution in [1.82, 2.24) is 0 Å². The lowest BCUT2D eigenvalue weighted by molar-refractivity contribution is 0.101. The van der Waals surface area contributed by atoms with Crippen LogP contribution in [0, 0.1) is 11.6 Å². The molecule has 3 nitrogen and oxygen atoms in total. The average molecular weight is 237 g/mol. The third-order valence-electron chi connectivity index (χ3n) is 2.27. The highest BCUT2D eigenvalue weighted by molar-refractivity contribution is 6.07. The fourth-order valence-corrected chi connectivity index (χ4v) is 1.39. The molecule has 0 aliphatic heterocycles. The molecule has 0 aliphatic carbocycles. The molecule has 2 N–H and O–H groups in total. The van der Waals surface area contributed by atoms with Crippen LogP contribution in [0.5, 0.6) is 0 Å². The van der Waals surface area contributed by atoms with Gasteiger partial charge >= 0.3 is 0 Å². The van der Waals surface area contributed by atoms with E-state index < -0.39 is 17.4 Å². The maximum atomic E-state index is 12.9. The minimum Gasteiger partial charge on any atom is -0.456 e. The number of furan rings is 1. The van der Waals surface area contributed by atoms with E-state index in [4.69, 9.17) is 10.2 Å². The number of hydrogen-bond acceptors (Lipinski definition) is 3. The Labute approximate surface area is 95.8 Å². The summed E-state index contributed by atoms with van der Waals surface area (Å²) in [6.45, 7) is 0.172. The van der Waals surface area contributed by atoms with E-state index in [0.717, 1.165) is 12.1 Å². The molecular weight excluding hydrogens is 228 g/mol. The lowest BCUT2D eigenvalue weighted by atomic mass is 10.1. The van der Waals surface area contributed by atoms with Crippen LogP contribution in [0.25, 0.3) is 0 Å². The Balaban J connectivity index is 2.33. The molecular formula is C12H9F2NO2. The molecule has 0 aliphatic rings. The van der Waals surface area contributed by atoms with Crippen molar-refractivity contribution in [1.29, 1.82) is 0 Å². The molecule has 2 aromatic rings. The first kappa shape index (κ1) is 11.5. The van der Waals surface area contributed by atoms with Crippen LogP contribution in [-0.2, 0) is 6.54 Å². The molecule has 1 heterocycles. The van der Waals surface area contributed by atoms with Gasteiger partial charge in [0.15, 0.2) is 17.4 Å². The van der Waals surface area contributed by atoms with E-state index in [1.807, 2.05) is 0 Å². The van der Waals surface area contributed by atoms with Crippen molar-refractivity contribution in [3.63, 3.8) is 0 Å². The maximum absolute atomic E-state index is 12.9. The Morgan fingerprint density at radius 2 is 1.94 bits per heavy atom. The maximum Gasteiger partial charge on any atom is 0.228 e. The van der Waals surface area contributed by atoms with Gasteiger partial charge in [0.25, 0.3) is 0 Å². The normalized spacial score (nSPS) is 10.5. The van der Waals surface area contributed by atoms with Crippen LogP contribution in [0.1, 0.15) is 21.9 Å². The van der Waals surface area contributed by atoms with E-state index in [2.05, 4.69) is 0 Å². The summed E-state index contributed by atoms with van der Waals surface area (Å²) in [6, 6.07) is 5.95. The highest BCUT2D eigenvalue weighted by Gasteiger charge is 2.15. The number of carbonyl (C=O) groups excluding carboxylic acids is 1. The van der Waals surface area contributed by atoms with Gasteiger partial charge in [-0.25, -0.2) is 8.78 Å². The zero-order valence-corrected chi connectivity index (χ0v) is 8.74. The molecule has 5 heteroatoms. The molecule has 0 saturated carbocycles. The zero-order valence-electron chi connectivity index (χ0n) is 8.74. The summed E-state index contributed by atoms with van der Waals surface area (Å²) in [5, 5.41) is 0. The molecule has 0 saturated heterocycles. The van der Waals surface area contributed by atoms with Crippen LogP contribution >= 0.6 is 0 Å². The lowest BCUT2D eigenvalue weighted by Gasteiger charge is -1.99. The van der Waals surface area contributed by atoms with Gasteiger partial charge in [0.2, 0.25) is 5.78 Å². The van der Waals surface area contributed by atoms with E-state index in [1.165, 1.54) is 12.1 Å². The van der Waals surface area contributed by atoms with E-state index in [9.17, 15) is 13.6 Å². The number of rotatable bonds is 3. The van der Waals surface area contributed by atoms with Gasteiger partial charge in [0.05, 0.1) is 6.54 Å². The molecule has 1 aromatic heterocycles. The first-order chi connectivity index (χ1) is 8.11. The van der Waals surface area contributed by atoms with Gasteiger partial charge < -0.3 is 10.2 Å². The van der Waals surface area contributed by atoms with Crippen molar-refractivity contribution in [2.24, 2.45) is 5.73 Å². The van der Waals surface area contributed by atoms with Gasteiger partial charge in [0.1, 0.15) is 5.76 Å². The summed E-state index contributed by atoms with van der Waals surface area (Å²) in [7, 11) is 0. The van der Waals surface area contributed by atoms with E-state index in [0.29, 0.717) is 5.76 Å². The second-order valence-corrected chi connectivity index (χ2v) is 3.43. The Morgan fingerprint density at radius 3 is 2.53 bits per heavy atom. The van der Waals surface area contributed by atoms with Crippen LogP contribution in [0.4, 0.5) is 8.78 Å². The standard InChI is InChI=1S/C12H9F2NO2/c13-9-3-1-7(5-10(9)14)12(16)11-4-2-8(6-15)17-11/h1-5H,6,15H2. The molecule has 0 unspecified atom stereocenters. The number of nitrogens with two attached hydrogens (primary N) is 1. The third kappa shape index (κ3) is 2.24. The molecule has 0 bridgehead atoms. The largest absolute Gasteiger partial charge is 0.456 e. The Kier molecular flexibility index (Phi) is 3.01.